The number of hydrogen-bond acceptors (Lipinski definition) is 5. The van der Waals surface area contributed by atoms with Crippen LogP contribution in [0.1, 0.15) is 15.9 Å². The molecule has 1 atom stereocenters. The molecule has 0 amide bonds. The van der Waals surface area contributed by atoms with Crippen LogP contribution in [0.4, 0.5) is 0 Å². The zero-order valence-corrected chi connectivity index (χ0v) is 9.02. The molecule has 0 saturated carbocycles. The topological polar surface area (TPSA) is 65.0 Å². The van der Waals surface area contributed by atoms with Crippen LogP contribution in [0.5, 0.6) is 11.5 Å². The number of benzene rings is 1. The molecule has 1 aromatic carbocycles. The van der Waals surface area contributed by atoms with Crippen molar-refractivity contribution in [2.45, 2.75) is 12.5 Å². The lowest BCUT2D eigenvalue weighted by Gasteiger charge is -2.08. The minimum atomic E-state index is -0.823. The number of nitrogens with zero attached hydrogens (tertiary/aromatic N) is 1. The quantitative estimate of drug-likeness (QED) is 0.727. The number of carbonyl (C=O) groups is 1. The highest BCUT2D eigenvalue weighted by Gasteiger charge is 2.34. The lowest BCUT2D eigenvalue weighted by Crippen LogP contribution is -2.12. The summed E-state index contributed by atoms with van der Waals surface area (Å²) in [5.41, 5.74) is 1.21. The lowest BCUT2D eigenvalue weighted by atomic mass is 10.1. The standard InChI is InChI=1S/C11H11NO4/c1-15-7-3-6-4-8(12-14)11(13)10(6)9(5-7)16-2/h3,5,8H,4H2,1-2H3. The maximum Gasteiger partial charge on any atom is 0.195 e. The highest BCUT2D eigenvalue weighted by molar-refractivity contribution is 6.07. The summed E-state index contributed by atoms with van der Waals surface area (Å²) in [6.07, 6.45) is 0.325. The summed E-state index contributed by atoms with van der Waals surface area (Å²) in [7, 11) is 3.01. The van der Waals surface area contributed by atoms with E-state index in [4.69, 9.17) is 9.47 Å². The normalized spacial score (nSPS) is 18.1. The molecule has 5 heteroatoms. The van der Waals surface area contributed by atoms with Gasteiger partial charge in [-0.2, -0.15) is 4.91 Å². The molecule has 0 N–H and O–H groups in total. The first-order chi connectivity index (χ1) is 7.71. The molecule has 16 heavy (non-hydrogen) atoms. The van der Waals surface area contributed by atoms with E-state index in [2.05, 4.69) is 5.18 Å². The van der Waals surface area contributed by atoms with E-state index >= 15 is 0 Å². The Balaban J connectivity index is 2.55. The predicted molar refractivity (Wildman–Crippen MR) is 57.2 cm³/mol. The fourth-order valence-electron chi connectivity index (χ4n) is 1.92. The molecule has 0 radical (unpaired) electrons. The van der Waals surface area contributed by atoms with Gasteiger partial charge in [0.25, 0.3) is 0 Å². The van der Waals surface area contributed by atoms with Crippen LogP contribution in [-0.2, 0) is 6.42 Å². The highest BCUT2D eigenvalue weighted by Crippen LogP contribution is 2.35. The van der Waals surface area contributed by atoms with E-state index < -0.39 is 6.04 Å². The van der Waals surface area contributed by atoms with Crippen molar-refractivity contribution >= 4 is 5.78 Å². The highest BCUT2D eigenvalue weighted by atomic mass is 16.5. The first kappa shape index (κ1) is 10.6. The van der Waals surface area contributed by atoms with E-state index in [9.17, 15) is 9.70 Å². The number of rotatable bonds is 3. The summed E-state index contributed by atoms with van der Waals surface area (Å²) in [6.45, 7) is 0. The van der Waals surface area contributed by atoms with Crippen molar-refractivity contribution in [3.05, 3.63) is 28.2 Å². The molecule has 5 nitrogen and oxygen atoms in total. The molecule has 0 saturated heterocycles. The SMILES string of the molecule is COc1cc2c(c(OC)c1)C(=O)C(N=O)C2. The van der Waals surface area contributed by atoms with Crippen LogP contribution in [-0.4, -0.2) is 26.0 Å². The van der Waals surface area contributed by atoms with Gasteiger partial charge in [0.15, 0.2) is 11.8 Å². The van der Waals surface area contributed by atoms with Crippen molar-refractivity contribution in [3.63, 3.8) is 0 Å². The first-order valence-corrected chi connectivity index (χ1v) is 4.82. The molecule has 0 heterocycles. The van der Waals surface area contributed by atoms with Gasteiger partial charge in [0.2, 0.25) is 0 Å². The van der Waals surface area contributed by atoms with Gasteiger partial charge in [-0.05, 0) is 11.6 Å². The second-order valence-corrected chi connectivity index (χ2v) is 3.55. The molecule has 0 aliphatic heterocycles. The molecule has 84 valence electrons. The molecule has 1 aliphatic carbocycles. The molecule has 0 fully saturated rings. The Labute approximate surface area is 92.3 Å². The number of ether oxygens (including phenoxy) is 2. The van der Waals surface area contributed by atoms with Gasteiger partial charge < -0.3 is 9.47 Å². The minimum Gasteiger partial charge on any atom is -0.497 e. The largest absolute Gasteiger partial charge is 0.497 e. The predicted octanol–water partition coefficient (Wildman–Crippen LogP) is 1.58. The number of nitroso groups, excluding NO2 is 1. The third kappa shape index (κ3) is 1.44. The van der Waals surface area contributed by atoms with E-state index in [1.54, 1.807) is 12.1 Å². The summed E-state index contributed by atoms with van der Waals surface area (Å²) in [4.78, 5) is 22.3. The van der Waals surface area contributed by atoms with Crippen LogP contribution in [0.25, 0.3) is 0 Å². The van der Waals surface area contributed by atoms with Gasteiger partial charge in [0, 0.05) is 12.5 Å². The van der Waals surface area contributed by atoms with Crippen LogP contribution in [0, 0.1) is 4.91 Å². The van der Waals surface area contributed by atoms with E-state index in [0.717, 1.165) is 5.56 Å². The summed E-state index contributed by atoms with van der Waals surface area (Å²) in [5, 5.41) is 2.82. The Morgan fingerprint density at radius 1 is 1.31 bits per heavy atom. The van der Waals surface area contributed by atoms with Crippen molar-refractivity contribution in [2.24, 2.45) is 5.18 Å². The Morgan fingerprint density at radius 2 is 2.06 bits per heavy atom. The number of methoxy groups -OCH3 is 2. The van der Waals surface area contributed by atoms with Crippen molar-refractivity contribution in [1.82, 2.24) is 0 Å². The van der Waals surface area contributed by atoms with Gasteiger partial charge in [0.05, 0.1) is 19.8 Å². The summed E-state index contributed by atoms with van der Waals surface area (Å²) in [5.74, 6) is 0.768. The van der Waals surface area contributed by atoms with E-state index in [0.29, 0.717) is 23.5 Å². The number of Topliss-reactive ketones (excluding diaryl/α,β-unsaturated/α-hetero) is 1. The monoisotopic (exact) mass is 221 g/mol. The Hall–Kier alpha value is -1.91. The Bertz CT molecular complexity index is 456. The smallest absolute Gasteiger partial charge is 0.195 e. The molecule has 0 bridgehead atoms. The minimum absolute atomic E-state index is 0.274. The molecule has 0 spiro atoms. The van der Waals surface area contributed by atoms with Crippen molar-refractivity contribution < 1.29 is 14.3 Å². The number of fused-ring (bicyclic) bond motifs is 1. The molecule has 0 aromatic heterocycles. The fraction of sp³-hybridized carbons (Fsp3) is 0.364. The fourth-order valence-corrected chi connectivity index (χ4v) is 1.92. The van der Waals surface area contributed by atoms with Crippen LogP contribution >= 0.6 is 0 Å². The van der Waals surface area contributed by atoms with Crippen LogP contribution in [0.3, 0.4) is 0 Å². The summed E-state index contributed by atoms with van der Waals surface area (Å²) in [6, 6.07) is 2.54. The van der Waals surface area contributed by atoms with E-state index in [-0.39, 0.29) is 5.78 Å². The summed E-state index contributed by atoms with van der Waals surface area (Å²) >= 11 is 0. The van der Waals surface area contributed by atoms with E-state index in [1.165, 1.54) is 14.2 Å². The molecule has 1 aromatic rings. The second-order valence-electron chi connectivity index (χ2n) is 3.55. The zero-order valence-electron chi connectivity index (χ0n) is 9.02. The number of carbonyl (C=O) groups excluding carboxylic acids is 1. The van der Waals surface area contributed by atoms with Gasteiger partial charge in [-0.25, -0.2) is 0 Å². The van der Waals surface area contributed by atoms with Crippen molar-refractivity contribution in [2.75, 3.05) is 14.2 Å². The molecular weight excluding hydrogens is 210 g/mol. The average Bonchev–Trinajstić information content (AvgIpc) is 2.65. The molecular formula is C11H11NO4. The maximum absolute atomic E-state index is 11.8. The van der Waals surface area contributed by atoms with Crippen LogP contribution in [0.2, 0.25) is 0 Å². The van der Waals surface area contributed by atoms with Gasteiger partial charge in [-0.15, -0.1) is 0 Å². The van der Waals surface area contributed by atoms with Crippen molar-refractivity contribution in [3.8, 4) is 11.5 Å². The summed E-state index contributed by atoms with van der Waals surface area (Å²) < 4.78 is 10.2. The molecule has 2 rings (SSSR count). The number of hydrogen-bond donors (Lipinski definition) is 0. The third-order valence-electron chi connectivity index (χ3n) is 2.70. The Morgan fingerprint density at radius 3 is 2.62 bits per heavy atom. The van der Waals surface area contributed by atoms with E-state index in [1.807, 2.05) is 0 Å². The maximum atomic E-state index is 11.8. The van der Waals surface area contributed by atoms with Crippen molar-refractivity contribution in [1.29, 1.82) is 0 Å². The zero-order chi connectivity index (χ0) is 11.7. The van der Waals surface area contributed by atoms with Crippen LogP contribution < -0.4 is 9.47 Å². The van der Waals surface area contributed by atoms with Gasteiger partial charge in [-0.3, -0.25) is 4.79 Å². The second kappa shape index (κ2) is 3.92. The average molecular weight is 221 g/mol. The molecule has 1 unspecified atom stereocenters. The van der Waals surface area contributed by atoms with Gasteiger partial charge >= 0.3 is 0 Å². The Kier molecular flexibility index (Phi) is 2.60. The molecule has 1 aliphatic rings. The van der Waals surface area contributed by atoms with Gasteiger partial charge in [0.1, 0.15) is 11.5 Å². The van der Waals surface area contributed by atoms with Gasteiger partial charge in [-0.1, -0.05) is 5.18 Å². The first-order valence-electron chi connectivity index (χ1n) is 4.82. The van der Waals surface area contributed by atoms with Crippen LogP contribution in [0.15, 0.2) is 17.3 Å². The third-order valence-corrected chi connectivity index (χ3v) is 2.70. The lowest BCUT2D eigenvalue weighted by molar-refractivity contribution is 0.0972. The number of ketones is 1.